The minimum Gasteiger partial charge on any atom is -0.493 e. The van der Waals surface area contributed by atoms with Crippen LogP contribution in [-0.2, 0) is 4.79 Å². The Morgan fingerprint density at radius 3 is 2.96 bits per heavy atom. The van der Waals surface area contributed by atoms with Gasteiger partial charge in [0.25, 0.3) is 0 Å². The number of carbonyl (C=O) groups excluding carboxylic acids is 1. The van der Waals surface area contributed by atoms with E-state index in [4.69, 9.17) is 4.74 Å². The molecular formula is C18H24FNO3. The number of benzene rings is 1. The molecule has 0 spiro atoms. The van der Waals surface area contributed by atoms with Gasteiger partial charge in [-0.1, -0.05) is 6.07 Å². The molecule has 0 heterocycles. The van der Waals surface area contributed by atoms with Crippen molar-refractivity contribution in [3.05, 3.63) is 30.1 Å². The van der Waals surface area contributed by atoms with Crippen LogP contribution in [-0.4, -0.2) is 30.3 Å². The zero-order valence-corrected chi connectivity index (χ0v) is 13.2. The summed E-state index contributed by atoms with van der Waals surface area (Å²) in [6.07, 6.45) is 4.46. The van der Waals surface area contributed by atoms with Crippen molar-refractivity contribution in [1.29, 1.82) is 0 Å². The topological polar surface area (TPSA) is 58.6 Å². The molecule has 0 aromatic heterocycles. The third-order valence-corrected chi connectivity index (χ3v) is 5.24. The number of amides is 1. The zero-order valence-electron chi connectivity index (χ0n) is 13.2. The van der Waals surface area contributed by atoms with E-state index in [9.17, 15) is 14.3 Å². The van der Waals surface area contributed by atoms with E-state index >= 15 is 0 Å². The molecule has 0 radical (unpaired) electrons. The fraction of sp³-hybridized carbons (Fsp3) is 0.611. The standard InChI is InChI=1S/C18H24FNO3/c19-14-3-1-4-15(10-14)23-8-2-5-17(22)20-18-13-7-6-12(9-13)16(18)11-21/h1,3-4,10,12-13,16,18,21H,2,5-9,11H2,(H,20,22). The molecule has 2 N–H and O–H groups in total. The minimum absolute atomic E-state index is 0.0174. The summed E-state index contributed by atoms with van der Waals surface area (Å²) in [4.78, 5) is 12.1. The second-order valence-electron chi connectivity index (χ2n) is 6.68. The summed E-state index contributed by atoms with van der Waals surface area (Å²) >= 11 is 0. The van der Waals surface area contributed by atoms with Gasteiger partial charge in [0.15, 0.2) is 0 Å². The SMILES string of the molecule is O=C(CCCOc1cccc(F)c1)NC1C2CCC(C2)C1CO. The van der Waals surface area contributed by atoms with E-state index in [1.807, 2.05) is 0 Å². The molecule has 1 aromatic rings. The largest absolute Gasteiger partial charge is 0.493 e. The molecule has 3 rings (SSSR count). The average Bonchev–Trinajstić information content (AvgIpc) is 3.13. The molecule has 5 heteroatoms. The summed E-state index contributed by atoms with van der Waals surface area (Å²) in [6, 6.07) is 6.13. The zero-order chi connectivity index (χ0) is 16.2. The molecule has 4 nitrogen and oxygen atoms in total. The van der Waals surface area contributed by atoms with Crippen LogP contribution in [0.4, 0.5) is 4.39 Å². The molecule has 23 heavy (non-hydrogen) atoms. The first kappa shape index (κ1) is 16.2. The third kappa shape index (κ3) is 3.83. The maximum atomic E-state index is 13.0. The van der Waals surface area contributed by atoms with E-state index in [1.54, 1.807) is 12.1 Å². The summed E-state index contributed by atoms with van der Waals surface area (Å²) in [5.41, 5.74) is 0. The Labute approximate surface area is 136 Å². The van der Waals surface area contributed by atoms with Crippen molar-refractivity contribution in [1.82, 2.24) is 5.32 Å². The summed E-state index contributed by atoms with van der Waals surface area (Å²) < 4.78 is 18.5. The molecule has 0 aliphatic heterocycles. The third-order valence-electron chi connectivity index (χ3n) is 5.24. The Hall–Kier alpha value is -1.62. The molecule has 2 bridgehead atoms. The van der Waals surface area contributed by atoms with E-state index < -0.39 is 0 Å². The van der Waals surface area contributed by atoms with Crippen LogP contribution in [0, 0.1) is 23.6 Å². The van der Waals surface area contributed by atoms with Gasteiger partial charge in [0.1, 0.15) is 11.6 Å². The molecule has 1 amide bonds. The van der Waals surface area contributed by atoms with Crippen molar-refractivity contribution in [3.8, 4) is 5.75 Å². The van der Waals surface area contributed by atoms with Crippen LogP contribution in [0.5, 0.6) is 5.75 Å². The minimum atomic E-state index is -0.327. The van der Waals surface area contributed by atoms with Crippen LogP contribution in [0.1, 0.15) is 32.1 Å². The summed E-state index contributed by atoms with van der Waals surface area (Å²) in [5.74, 6) is 1.51. The Morgan fingerprint density at radius 1 is 1.35 bits per heavy atom. The summed E-state index contributed by atoms with van der Waals surface area (Å²) in [7, 11) is 0. The molecule has 126 valence electrons. The second-order valence-corrected chi connectivity index (χ2v) is 6.68. The van der Waals surface area contributed by atoms with E-state index in [0.29, 0.717) is 37.0 Å². The average molecular weight is 321 g/mol. The molecule has 4 atom stereocenters. The van der Waals surface area contributed by atoms with E-state index in [2.05, 4.69) is 5.32 Å². The molecule has 2 fully saturated rings. The number of nitrogens with one attached hydrogen (secondary N) is 1. The molecule has 0 saturated heterocycles. The number of aliphatic hydroxyl groups is 1. The van der Waals surface area contributed by atoms with Crippen molar-refractivity contribution < 1.29 is 19.0 Å². The first-order valence-electron chi connectivity index (χ1n) is 8.46. The van der Waals surface area contributed by atoms with Gasteiger partial charge in [-0.2, -0.15) is 0 Å². The quantitative estimate of drug-likeness (QED) is 0.759. The maximum absolute atomic E-state index is 13.0. The van der Waals surface area contributed by atoms with Gasteiger partial charge in [0.05, 0.1) is 6.61 Å². The van der Waals surface area contributed by atoms with Crippen molar-refractivity contribution in [2.24, 2.45) is 17.8 Å². The molecule has 2 aliphatic carbocycles. The van der Waals surface area contributed by atoms with Crippen LogP contribution < -0.4 is 10.1 Å². The van der Waals surface area contributed by atoms with Gasteiger partial charge in [-0.3, -0.25) is 4.79 Å². The highest BCUT2D eigenvalue weighted by Gasteiger charge is 2.47. The van der Waals surface area contributed by atoms with E-state index in [-0.39, 0.29) is 30.3 Å². The predicted octanol–water partition coefficient (Wildman–Crippen LogP) is 2.51. The van der Waals surface area contributed by atoms with Gasteiger partial charge >= 0.3 is 0 Å². The van der Waals surface area contributed by atoms with Gasteiger partial charge in [0.2, 0.25) is 5.91 Å². The Bertz CT molecular complexity index is 551. The van der Waals surface area contributed by atoms with Crippen molar-refractivity contribution >= 4 is 5.91 Å². The van der Waals surface area contributed by atoms with Gasteiger partial charge in [-0.15, -0.1) is 0 Å². The number of carbonyl (C=O) groups is 1. The predicted molar refractivity (Wildman–Crippen MR) is 84.5 cm³/mol. The number of fused-ring (bicyclic) bond motifs is 2. The van der Waals surface area contributed by atoms with E-state index in [0.717, 1.165) is 12.8 Å². The lowest BCUT2D eigenvalue weighted by Crippen LogP contribution is -2.45. The fourth-order valence-electron chi connectivity index (χ4n) is 4.14. The molecule has 4 unspecified atom stereocenters. The van der Waals surface area contributed by atoms with Crippen molar-refractivity contribution in [3.63, 3.8) is 0 Å². The van der Waals surface area contributed by atoms with Crippen LogP contribution in [0.15, 0.2) is 24.3 Å². The van der Waals surface area contributed by atoms with Crippen LogP contribution >= 0.6 is 0 Å². The van der Waals surface area contributed by atoms with Crippen LogP contribution in [0.25, 0.3) is 0 Å². The van der Waals surface area contributed by atoms with Gasteiger partial charge in [-0.05, 0) is 49.7 Å². The number of halogens is 1. The van der Waals surface area contributed by atoms with Gasteiger partial charge in [-0.25, -0.2) is 4.39 Å². The Kier molecular flexibility index (Phi) is 5.16. The lowest BCUT2D eigenvalue weighted by atomic mass is 9.85. The van der Waals surface area contributed by atoms with Gasteiger partial charge in [0, 0.05) is 31.1 Å². The van der Waals surface area contributed by atoms with Crippen molar-refractivity contribution in [2.45, 2.75) is 38.1 Å². The lowest BCUT2D eigenvalue weighted by Gasteiger charge is -2.30. The lowest BCUT2D eigenvalue weighted by molar-refractivity contribution is -0.122. The van der Waals surface area contributed by atoms with E-state index in [1.165, 1.54) is 18.6 Å². The molecule has 1 aromatic carbocycles. The second kappa shape index (κ2) is 7.30. The number of ether oxygens (including phenoxy) is 1. The molecule has 2 saturated carbocycles. The number of aliphatic hydroxyl groups excluding tert-OH is 1. The van der Waals surface area contributed by atoms with Gasteiger partial charge < -0.3 is 15.2 Å². The summed E-state index contributed by atoms with van der Waals surface area (Å²) in [6.45, 7) is 0.547. The maximum Gasteiger partial charge on any atom is 0.220 e. The fourth-order valence-corrected chi connectivity index (χ4v) is 4.14. The summed E-state index contributed by atoms with van der Waals surface area (Å²) in [5, 5.41) is 12.6. The number of rotatable bonds is 7. The van der Waals surface area contributed by atoms with Crippen molar-refractivity contribution in [2.75, 3.05) is 13.2 Å². The van der Waals surface area contributed by atoms with Crippen LogP contribution in [0.3, 0.4) is 0 Å². The molecule has 2 aliphatic rings. The highest BCUT2D eigenvalue weighted by Crippen LogP contribution is 2.48. The van der Waals surface area contributed by atoms with Crippen LogP contribution in [0.2, 0.25) is 0 Å². The Morgan fingerprint density at radius 2 is 2.17 bits per heavy atom. The number of hydrogen-bond donors (Lipinski definition) is 2. The highest BCUT2D eigenvalue weighted by molar-refractivity contribution is 5.76. The highest BCUT2D eigenvalue weighted by atomic mass is 19.1. The molecular weight excluding hydrogens is 297 g/mol. The number of hydrogen-bond acceptors (Lipinski definition) is 3. The smallest absolute Gasteiger partial charge is 0.220 e. The monoisotopic (exact) mass is 321 g/mol. The normalized spacial score (nSPS) is 28.8. The first-order valence-corrected chi connectivity index (χ1v) is 8.46. The Balaban J connectivity index is 1.38. The first-order chi connectivity index (χ1) is 11.2.